The molecule has 2 aromatic rings. The first kappa shape index (κ1) is 18.8. The Hall–Kier alpha value is -2.96. The van der Waals surface area contributed by atoms with Crippen LogP contribution >= 0.6 is 0 Å². The van der Waals surface area contributed by atoms with Crippen molar-refractivity contribution in [2.45, 2.75) is 45.2 Å². The molecule has 27 heavy (non-hydrogen) atoms. The predicted octanol–water partition coefficient (Wildman–Crippen LogP) is 2.31. The molecule has 0 radical (unpaired) electrons. The molecule has 142 valence electrons. The number of rotatable bonds is 4. The summed E-state index contributed by atoms with van der Waals surface area (Å²) < 4.78 is 1.20. The van der Waals surface area contributed by atoms with Gasteiger partial charge in [-0.3, -0.25) is 19.5 Å². The van der Waals surface area contributed by atoms with Gasteiger partial charge in [-0.25, -0.2) is 9.78 Å². The molecule has 2 unspecified atom stereocenters. The molecule has 7 heteroatoms. The molecule has 7 nitrogen and oxygen atoms in total. The van der Waals surface area contributed by atoms with E-state index in [1.165, 1.54) is 23.5 Å². The predicted molar refractivity (Wildman–Crippen MR) is 102 cm³/mol. The van der Waals surface area contributed by atoms with Gasteiger partial charge in [0.25, 0.3) is 5.56 Å². The summed E-state index contributed by atoms with van der Waals surface area (Å²) in [6.07, 6.45) is 7.03. The second kappa shape index (κ2) is 8.62. The fourth-order valence-electron chi connectivity index (χ4n) is 3.44. The Kier molecular flexibility index (Phi) is 6.01. The summed E-state index contributed by atoms with van der Waals surface area (Å²) in [6.45, 7) is 1.84. The maximum atomic E-state index is 12.6. The van der Waals surface area contributed by atoms with Crippen LogP contribution in [0.3, 0.4) is 0 Å². The summed E-state index contributed by atoms with van der Waals surface area (Å²) in [5.74, 6) is -0.154. The number of carbonyl (C=O) groups excluding carboxylic acids is 2. The zero-order valence-corrected chi connectivity index (χ0v) is 15.4. The number of nitrogens with zero attached hydrogens (tertiary/aromatic N) is 2. The molecule has 1 aromatic heterocycles. The van der Waals surface area contributed by atoms with E-state index in [4.69, 9.17) is 0 Å². The molecule has 0 saturated heterocycles. The Labute approximate surface area is 157 Å². The molecule has 3 rings (SSSR count). The van der Waals surface area contributed by atoms with Crippen molar-refractivity contribution in [2.75, 3.05) is 0 Å². The molecule has 1 aliphatic carbocycles. The third kappa shape index (κ3) is 4.81. The van der Waals surface area contributed by atoms with E-state index in [0.29, 0.717) is 11.5 Å². The number of aromatic nitrogens is 2. The van der Waals surface area contributed by atoms with E-state index in [-0.39, 0.29) is 18.1 Å². The second-order valence-electron chi connectivity index (χ2n) is 7.00. The Morgan fingerprint density at radius 3 is 2.67 bits per heavy atom. The van der Waals surface area contributed by atoms with Crippen molar-refractivity contribution in [3.05, 3.63) is 53.2 Å². The summed E-state index contributed by atoms with van der Waals surface area (Å²) >= 11 is 0. The number of imide groups is 1. The molecule has 1 aromatic carbocycles. The van der Waals surface area contributed by atoms with Crippen LogP contribution in [0.5, 0.6) is 0 Å². The van der Waals surface area contributed by atoms with Crippen molar-refractivity contribution < 1.29 is 9.59 Å². The number of hydrogen-bond acceptors (Lipinski definition) is 4. The number of nitrogens with one attached hydrogen (secondary N) is 2. The highest BCUT2D eigenvalue weighted by atomic mass is 16.2. The third-order valence-electron chi connectivity index (χ3n) is 4.98. The zero-order chi connectivity index (χ0) is 19.2. The molecular formula is C20H24N4O3. The highest BCUT2D eigenvalue weighted by Crippen LogP contribution is 2.23. The molecular weight excluding hydrogens is 344 g/mol. The van der Waals surface area contributed by atoms with Crippen LogP contribution in [-0.4, -0.2) is 27.5 Å². The zero-order valence-electron chi connectivity index (χ0n) is 15.4. The maximum Gasteiger partial charge on any atom is 0.321 e. The second-order valence-corrected chi connectivity index (χ2v) is 7.00. The fourth-order valence-corrected chi connectivity index (χ4v) is 3.44. The third-order valence-corrected chi connectivity index (χ3v) is 4.98. The monoisotopic (exact) mass is 368 g/mol. The van der Waals surface area contributed by atoms with E-state index >= 15 is 0 Å². The van der Waals surface area contributed by atoms with Crippen molar-refractivity contribution in [1.29, 1.82) is 0 Å². The highest BCUT2D eigenvalue weighted by molar-refractivity contribution is 5.94. The van der Waals surface area contributed by atoms with E-state index < -0.39 is 11.9 Å². The van der Waals surface area contributed by atoms with E-state index in [0.717, 1.165) is 24.8 Å². The van der Waals surface area contributed by atoms with Crippen LogP contribution in [0.1, 0.15) is 32.6 Å². The number of urea groups is 1. The van der Waals surface area contributed by atoms with Gasteiger partial charge in [-0.1, -0.05) is 50.1 Å². The van der Waals surface area contributed by atoms with Crippen LogP contribution in [0, 0.1) is 5.92 Å². The summed E-state index contributed by atoms with van der Waals surface area (Å²) in [5, 5.41) is 5.17. The molecule has 1 saturated carbocycles. The fraction of sp³-hybridized carbons (Fsp3) is 0.400. The number of hydrogen-bond donors (Lipinski definition) is 2. The van der Waals surface area contributed by atoms with E-state index in [1.807, 2.05) is 30.3 Å². The van der Waals surface area contributed by atoms with Gasteiger partial charge in [0.15, 0.2) is 0 Å². The first-order valence-electron chi connectivity index (χ1n) is 9.25. The highest BCUT2D eigenvalue weighted by Gasteiger charge is 2.23. The van der Waals surface area contributed by atoms with Gasteiger partial charge in [-0.2, -0.15) is 0 Å². The molecule has 2 N–H and O–H groups in total. The lowest BCUT2D eigenvalue weighted by molar-refractivity contribution is -0.120. The normalized spacial score (nSPS) is 19.3. The number of carbonyl (C=O) groups is 2. The van der Waals surface area contributed by atoms with Gasteiger partial charge in [0, 0.05) is 12.2 Å². The summed E-state index contributed by atoms with van der Waals surface area (Å²) in [6, 6.07) is 8.70. The van der Waals surface area contributed by atoms with Crippen LogP contribution < -0.4 is 16.2 Å². The lowest BCUT2D eigenvalue weighted by Crippen LogP contribution is -2.48. The minimum Gasteiger partial charge on any atom is -0.335 e. The molecule has 0 bridgehead atoms. The lowest BCUT2D eigenvalue weighted by Gasteiger charge is -2.29. The minimum absolute atomic E-state index is 0.0809. The Morgan fingerprint density at radius 1 is 1.19 bits per heavy atom. The van der Waals surface area contributed by atoms with Gasteiger partial charge in [-0.05, 0) is 24.3 Å². The standard InChI is InChI=1S/C20H24N4O3/c1-14-7-5-6-10-17(14)22-20(27)23-18(25)12-24-13-21-11-16(19(24)26)15-8-3-2-4-9-15/h2-4,8-9,11,13-14,17H,5-7,10,12H2,1H3,(H2,22,23,25,27). The number of amides is 3. The smallest absolute Gasteiger partial charge is 0.321 e. The average molecular weight is 368 g/mol. The Balaban J connectivity index is 1.62. The molecule has 0 spiro atoms. The molecule has 1 heterocycles. The van der Waals surface area contributed by atoms with E-state index in [2.05, 4.69) is 22.5 Å². The van der Waals surface area contributed by atoms with Gasteiger partial charge < -0.3 is 5.32 Å². The van der Waals surface area contributed by atoms with Crippen molar-refractivity contribution in [3.8, 4) is 11.1 Å². The summed E-state index contributed by atoms with van der Waals surface area (Å²) in [5.41, 5.74) is 0.813. The van der Waals surface area contributed by atoms with Gasteiger partial charge in [0.1, 0.15) is 6.54 Å². The van der Waals surface area contributed by atoms with E-state index in [1.54, 1.807) is 0 Å². The maximum absolute atomic E-state index is 12.6. The van der Waals surface area contributed by atoms with Crippen molar-refractivity contribution in [2.24, 2.45) is 5.92 Å². The SMILES string of the molecule is CC1CCCCC1NC(=O)NC(=O)Cn1cncc(-c2ccccc2)c1=O. The van der Waals surface area contributed by atoms with Gasteiger partial charge in [0.2, 0.25) is 5.91 Å². The van der Waals surface area contributed by atoms with Crippen molar-refractivity contribution in [3.63, 3.8) is 0 Å². The minimum atomic E-state index is -0.551. The molecule has 2 atom stereocenters. The Morgan fingerprint density at radius 2 is 1.93 bits per heavy atom. The van der Waals surface area contributed by atoms with Crippen LogP contribution in [0.2, 0.25) is 0 Å². The van der Waals surface area contributed by atoms with Crippen LogP contribution in [0.25, 0.3) is 11.1 Å². The van der Waals surface area contributed by atoms with Crippen LogP contribution in [0.4, 0.5) is 4.79 Å². The van der Waals surface area contributed by atoms with Crippen LogP contribution in [-0.2, 0) is 11.3 Å². The van der Waals surface area contributed by atoms with Gasteiger partial charge >= 0.3 is 6.03 Å². The van der Waals surface area contributed by atoms with Crippen molar-refractivity contribution in [1.82, 2.24) is 20.2 Å². The van der Waals surface area contributed by atoms with Gasteiger partial charge in [0.05, 0.1) is 11.9 Å². The molecule has 0 aliphatic heterocycles. The Bertz CT molecular complexity index is 863. The molecule has 1 fully saturated rings. The quantitative estimate of drug-likeness (QED) is 0.866. The topological polar surface area (TPSA) is 93.1 Å². The average Bonchev–Trinajstić information content (AvgIpc) is 2.66. The van der Waals surface area contributed by atoms with Crippen LogP contribution in [0.15, 0.2) is 47.7 Å². The molecule has 1 aliphatic rings. The molecule has 3 amide bonds. The van der Waals surface area contributed by atoms with Gasteiger partial charge in [-0.15, -0.1) is 0 Å². The lowest BCUT2D eigenvalue weighted by atomic mass is 9.86. The largest absolute Gasteiger partial charge is 0.335 e. The van der Waals surface area contributed by atoms with E-state index in [9.17, 15) is 14.4 Å². The summed E-state index contributed by atoms with van der Waals surface area (Å²) in [4.78, 5) is 40.9. The first-order chi connectivity index (χ1) is 13.0. The number of benzene rings is 1. The summed E-state index contributed by atoms with van der Waals surface area (Å²) in [7, 11) is 0. The first-order valence-corrected chi connectivity index (χ1v) is 9.25. The van der Waals surface area contributed by atoms with Crippen molar-refractivity contribution >= 4 is 11.9 Å².